The van der Waals surface area contributed by atoms with Crippen molar-refractivity contribution in [1.82, 2.24) is 9.97 Å². The molecule has 0 atom stereocenters. The van der Waals surface area contributed by atoms with Crippen molar-refractivity contribution in [2.24, 2.45) is 0 Å². The highest BCUT2D eigenvalue weighted by molar-refractivity contribution is 7.17. The minimum Gasteiger partial charge on any atom is -0.497 e. The molecule has 3 rings (SSSR count). The van der Waals surface area contributed by atoms with E-state index in [-0.39, 0.29) is 10.8 Å². The van der Waals surface area contributed by atoms with Crippen LogP contribution in [0, 0.1) is 0 Å². The first kappa shape index (κ1) is 16.0. The van der Waals surface area contributed by atoms with Crippen LogP contribution in [0.1, 0.15) is 20.8 Å². The normalized spacial score (nSPS) is 11.7. The van der Waals surface area contributed by atoms with Crippen LogP contribution >= 0.6 is 22.9 Å². The first-order valence-corrected chi connectivity index (χ1v) is 8.50. The van der Waals surface area contributed by atoms with Gasteiger partial charge in [-0.15, -0.1) is 11.3 Å². The molecule has 0 amide bonds. The maximum absolute atomic E-state index is 6.08. The molecule has 23 heavy (non-hydrogen) atoms. The summed E-state index contributed by atoms with van der Waals surface area (Å²) in [6.45, 7) is 6.27. The van der Waals surface area contributed by atoms with Gasteiger partial charge in [-0.1, -0.05) is 12.1 Å². The van der Waals surface area contributed by atoms with E-state index in [1.807, 2.05) is 24.3 Å². The molecule has 3 aromatic rings. The highest BCUT2D eigenvalue weighted by Gasteiger charge is 2.18. The summed E-state index contributed by atoms with van der Waals surface area (Å²) < 4.78 is 5.23. The largest absolute Gasteiger partial charge is 0.497 e. The first-order valence-electron chi connectivity index (χ1n) is 7.25. The van der Waals surface area contributed by atoms with Crippen molar-refractivity contribution in [2.45, 2.75) is 26.3 Å². The molecule has 0 saturated carbocycles. The van der Waals surface area contributed by atoms with E-state index in [1.54, 1.807) is 18.4 Å². The van der Waals surface area contributed by atoms with E-state index >= 15 is 0 Å². The molecule has 2 heterocycles. The van der Waals surface area contributed by atoms with Gasteiger partial charge in [0, 0.05) is 16.5 Å². The molecule has 1 N–H and O–H groups in total. The van der Waals surface area contributed by atoms with Crippen molar-refractivity contribution >= 4 is 39.0 Å². The lowest BCUT2D eigenvalue weighted by atomic mass is 10.0. The van der Waals surface area contributed by atoms with Gasteiger partial charge in [0.1, 0.15) is 16.4 Å². The lowest BCUT2D eigenvalue weighted by Crippen LogP contribution is -2.26. The predicted octanol–water partition coefficient (Wildman–Crippen LogP) is 5.23. The predicted molar refractivity (Wildman–Crippen MR) is 97.8 cm³/mol. The highest BCUT2D eigenvalue weighted by atomic mass is 35.5. The smallest absolute Gasteiger partial charge is 0.225 e. The van der Waals surface area contributed by atoms with Crippen LogP contribution in [0.25, 0.3) is 21.3 Å². The number of anilines is 1. The number of methoxy groups -OCH3 is 1. The molecule has 4 nitrogen and oxygen atoms in total. The Bertz CT molecular complexity index is 837. The quantitative estimate of drug-likeness (QED) is 0.659. The molecular weight excluding hydrogens is 330 g/mol. The standard InChI is InChI=1S/C17H18ClN3OS/c1-17(2,3)21-14-13-12(9-23-15(13)20-16(18)19-14)10-5-7-11(22-4)8-6-10/h5-9H,1-4H3,(H,19,20,21). The number of ether oxygens (including phenoxy) is 1. The molecule has 0 saturated heterocycles. The molecule has 0 fully saturated rings. The van der Waals surface area contributed by atoms with E-state index in [4.69, 9.17) is 16.3 Å². The minimum absolute atomic E-state index is 0.121. The molecule has 120 valence electrons. The van der Waals surface area contributed by atoms with Gasteiger partial charge in [-0.25, -0.2) is 9.97 Å². The van der Waals surface area contributed by atoms with Crippen LogP contribution in [0.3, 0.4) is 0 Å². The second-order valence-corrected chi connectivity index (χ2v) is 7.47. The topological polar surface area (TPSA) is 47.0 Å². The first-order chi connectivity index (χ1) is 10.9. The molecule has 0 aliphatic heterocycles. The van der Waals surface area contributed by atoms with E-state index < -0.39 is 0 Å². The summed E-state index contributed by atoms with van der Waals surface area (Å²) in [5, 5.41) is 6.78. The Morgan fingerprint density at radius 2 is 1.83 bits per heavy atom. The lowest BCUT2D eigenvalue weighted by molar-refractivity contribution is 0.415. The zero-order valence-electron chi connectivity index (χ0n) is 13.5. The molecular formula is C17H18ClN3OS. The number of hydrogen-bond acceptors (Lipinski definition) is 5. The third-order valence-corrected chi connectivity index (χ3v) is 4.34. The molecule has 1 aromatic carbocycles. The molecule has 0 aliphatic carbocycles. The number of hydrogen-bond donors (Lipinski definition) is 1. The van der Waals surface area contributed by atoms with E-state index in [1.165, 1.54) is 0 Å². The molecule has 0 radical (unpaired) electrons. The van der Waals surface area contributed by atoms with Gasteiger partial charge in [0.15, 0.2) is 0 Å². The SMILES string of the molecule is COc1ccc(-c2csc3nc(Cl)nc(NC(C)(C)C)c23)cc1. The average molecular weight is 348 g/mol. The van der Waals surface area contributed by atoms with Gasteiger partial charge in [0.05, 0.1) is 12.5 Å². The number of nitrogens with zero attached hydrogens (tertiary/aromatic N) is 2. The Balaban J connectivity index is 2.17. The van der Waals surface area contributed by atoms with Crippen LogP contribution in [-0.2, 0) is 0 Å². The summed E-state index contributed by atoms with van der Waals surface area (Å²) in [5.74, 6) is 1.60. The fraction of sp³-hybridized carbons (Fsp3) is 0.294. The van der Waals surface area contributed by atoms with Crippen LogP contribution in [0.4, 0.5) is 5.82 Å². The second-order valence-electron chi connectivity index (χ2n) is 6.27. The van der Waals surface area contributed by atoms with Crippen LogP contribution in [0.2, 0.25) is 5.28 Å². The Morgan fingerprint density at radius 1 is 1.13 bits per heavy atom. The Labute approximate surface area is 144 Å². The summed E-state index contributed by atoms with van der Waals surface area (Å²) in [7, 11) is 1.66. The van der Waals surface area contributed by atoms with Gasteiger partial charge in [-0.05, 0) is 50.1 Å². The van der Waals surface area contributed by atoms with Crippen molar-refractivity contribution in [2.75, 3.05) is 12.4 Å². The summed E-state index contributed by atoms with van der Waals surface area (Å²) in [4.78, 5) is 9.64. The zero-order valence-corrected chi connectivity index (χ0v) is 15.0. The Morgan fingerprint density at radius 3 is 2.43 bits per heavy atom. The van der Waals surface area contributed by atoms with Crippen molar-refractivity contribution in [3.8, 4) is 16.9 Å². The maximum atomic E-state index is 6.08. The number of thiophene rings is 1. The van der Waals surface area contributed by atoms with Gasteiger partial charge in [0.25, 0.3) is 0 Å². The van der Waals surface area contributed by atoms with Gasteiger partial charge >= 0.3 is 0 Å². The third-order valence-electron chi connectivity index (χ3n) is 3.30. The van der Waals surface area contributed by atoms with Gasteiger partial charge in [-0.2, -0.15) is 0 Å². The second kappa shape index (κ2) is 5.98. The van der Waals surface area contributed by atoms with Crippen LogP contribution in [-0.4, -0.2) is 22.6 Å². The monoisotopic (exact) mass is 347 g/mol. The lowest BCUT2D eigenvalue weighted by Gasteiger charge is -2.22. The zero-order chi connectivity index (χ0) is 16.6. The van der Waals surface area contributed by atoms with Crippen LogP contribution in [0.15, 0.2) is 29.6 Å². The van der Waals surface area contributed by atoms with Crippen molar-refractivity contribution in [1.29, 1.82) is 0 Å². The van der Waals surface area contributed by atoms with Crippen molar-refractivity contribution in [3.05, 3.63) is 34.9 Å². The number of rotatable bonds is 3. The number of halogens is 1. The van der Waals surface area contributed by atoms with E-state index in [2.05, 4.69) is 41.4 Å². The van der Waals surface area contributed by atoms with E-state index in [0.29, 0.717) is 0 Å². The molecule has 0 bridgehead atoms. The summed E-state index contributed by atoms with van der Waals surface area (Å²) in [6, 6.07) is 7.98. The third kappa shape index (κ3) is 3.41. The molecule has 0 spiro atoms. The number of nitrogens with one attached hydrogen (secondary N) is 1. The van der Waals surface area contributed by atoms with Gasteiger partial charge < -0.3 is 10.1 Å². The molecule has 6 heteroatoms. The molecule has 2 aromatic heterocycles. The summed E-state index contributed by atoms with van der Waals surface area (Å²) in [6.07, 6.45) is 0. The van der Waals surface area contributed by atoms with Crippen LogP contribution in [0.5, 0.6) is 5.75 Å². The number of fused-ring (bicyclic) bond motifs is 1. The number of aromatic nitrogens is 2. The summed E-state index contributed by atoms with van der Waals surface area (Å²) >= 11 is 7.64. The maximum Gasteiger partial charge on any atom is 0.225 e. The van der Waals surface area contributed by atoms with Crippen molar-refractivity contribution in [3.63, 3.8) is 0 Å². The average Bonchev–Trinajstić information content (AvgIpc) is 2.89. The van der Waals surface area contributed by atoms with Crippen molar-refractivity contribution < 1.29 is 4.74 Å². The number of benzene rings is 1. The van der Waals surface area contributed by atoms with Gasteiger partial charge in [0.2, 0.25) is 5.28 Å². The van der Waals surface area contributed by atoms with Crippen LogP contribution < -0.4 is 10.1 Å². The summed E-state index contributed by atoms with van der Waals surface area (Å²) in [5.41, 5.74) is 2.07. The molecule has 0 aliphatic rings. The fourth-order valence-electron chi connectivity index (χ4n) is 2.34. The van der Waals surface area contributed by atoms with E-state index in [9.17, 15) is 0 Å². The Kier molecular flexibility index (Phi) is 4.17. The van der Waals surface area contributed by atoms with E-state index in [0.717, 1.165) is 32.9 Å². The van der Waals surface area contributed by atoms with Gasteiger partial charge in [-0.3, -0.25) is 0 Å². The molecule has 0 unspecified atom stereocenters. The minimum atomic E-state index is -0.121. The fourth-order valence-corrected chi connectivity index (χ4v) is 3.51. The highest BCUT2D eigenvalue weighted by Crippen LogP contribution is 2.38. The Hall–Kier alpha value is -1.85.